The Balaban J connectivity index is 0.849. The fraction of sp³-hybridized carbons (Fsp3) is 0.205. The molecule has 0 saturated carbocycles. The molecule has 0 spiro atoms. The molecule has 530 valence electrons. The molecule has 2 amide bonds. The van der Waals surface area contributed by atoms with Crippen LogP contribution in [0.4, 0.5) is 5.69 Å². The number of hydrogen-bond acceptors (Lipinski definition) is 15. The summed E-state index contributed by atoms with van der Waals surface area (Å²) in [4.78, 5) is 39.8. The van der Waals surface area contributed by atoms with Gasteiger partial charge in [0.1, 0.15) is 6.10 Å². The molecule has 3 atom stereocenters. The third kappa shape index (κ3) is 15.6. The molecular formula is C83H82B3N7O11S. The van der Waals surface area contributed by atoms with E-state index in [1.54, 1.807) is 71.6 Å². The van der Waals surface area contributed by atoms with Crippen LogP contribution >= 0.6 is 0 Å². The third-order valence-corrected chi connectivity index (χ3v) is 22.5. The molecule has 1 saturated heterocycles. The number of benzene rings is 12. The van der Waals surface area contributed by atoms with Crippen LogP contribution in [0.25, 0.3) is 54.2 Å². The van der Waals surface area contributed by atoms with E-state index in [4.69, 9.17) is 4.74 Å². The van der Waals surface area contributed by atoms with Crippen molar-refractivity contribution < 1.29 is 52.9 Å². The second-order valence-electron chi connectivity index (χ2n) is 27.6. The Kier molecular flexibility index (Phi) is 21.9. The summed E-state index contributed by atoms with van der Waals surface area (Å²) in [6, 6.07) is 78.0. The number of rotatable bonds is 28. The molecule has 2 aliphatic rings. The zero-order valence-electron chi connectivity index (χ0n) is 58.4. The van der Waals surface area contributed by atoms with Crippen molar-refractivity contribution in [3.05, 3.63) is 294 Å². The van der Waals surface area contributed by atoms with E-state index in [2.05, 4.69) is 76.2 Å². The van der Waals surface area contributed by atoms with Crippen LogP contribution in [-0.4, -0.2) is 156 Å². The summed E-state index contributed by atoms with van der Waals surface area (Å²) in [5.41, 5.74) is 9.19. The summed E-state index contributed by atoms with van der Waals surface area (Å²) in [7, 11) is -6.39. The standard InChI is InChI=1S/C83H82B3N7O11S/c1-89(2)78-42-20-38-72-71(78)37-21-43-81(72)105(102,103)93(49-62-27-8-18-41-77(62)86(100)101)55-92-50-63(45-79(92)82(94)87-54-91(48-61-26-7-17-40-76(61)85(98)99)51-73-65-31-10-4-23-57(65)44-58-24-5-11-32-66(58)73)88-83(95)80(104-53-74-69-35-14-12-33-67(69)68-34-13-15-36-70(68)74)52-90(47-60-25-6-16-39-75(60)84(96)97)46-59-29-19-28-56-22-3-9-30-64(56)59/h3-44,63,74,79-80,96-101H,45-55H2,1-2H3,(H,87,94)(H,88,95)/t63-,79-,80?/m0/s1. The van der Waals surface area contributed by atoms with Crippen LogP contribution in [0.2, 0.25) is 0 Å². The average molecular weight is 1420 g/mol. The Hall–Kier alpha value is -9.88. The Morgan fingerprint density at radius 3 is 1.60 bits per heavy atom. The zero-order chi connectivity index (χ0) is 72.9. The van der Waals surface area contributed by atoms with Crippen molar-refractivity contribution in [2.75, 3.05) is 52.0 Å². The Labute approximate surface area is 612 Å². The highest BCUT2D eigenvalue weighted by Crippen LogP contribution is 2.45. The molecule has 1 aliphatic heterocycles. The lowest BCUT2D eigenvalue weighted by atomic mass is 9.77. The maximum atomic E-state index is 16.1. The van der Waals surface area contributed by atoms with E-state index in [0.29, 0.717) is 44.9 Å². The van der Waals surface area contributed by atoms with Crippen molar-refractivity contribution in [2.45, 2.75) is 68.1 Å². The lowest BCUT2D eigenvalue weighted by molar-refractivity contribution is -0.135. The second-order valence-corrected chi connectivity index (χ2v) is 29.5. The highest BCUT2D eigenvalue weighted by atomic mass is 32.2. The van der Waals surface area contributed by atoms with Crippen molar-refractivity contribution in [1.29, 1.82) is 0 Å². The predicted octanol–water partition coefficient (Wildman–Crippen LogP) is 7.79. The van der Waals surface area contributed by atoms with E-state index in [1.165, 1.54) is 10.4 Å². The van der Waals surface area contributed by atoms with Crippen LogP contribution in [0.3, 0.4) is 0 Å². The van der Waals surface area contributed by atoms with E-state index >= 15 is 18.0 Å². The van der Waals surface area contributed by atoms with Crippen molar-refractivity contribution in [2.24, 2.45) is 0 Å². The second kappa shape index (κ2) is 31.8. The van der Waals surface area contributed by atoms with Gasteiger partial charge in [-0.3, -0.25) is 24.3 Å². The van der Waals surface area contributed by atoms with E-state index in [1.807, 2.05) is 145 Å². The van der Waals surface area contributed by atoms with Gasteiger partial charge in [0.05, 0.1) is 30.9 Å². The maximum absolute atomic E-state index is 16.1. The average Bonchev–Trinajstić information content (AvgIpc) is 1.75. The van der Waals surface area contributed by atoms with Gasteiger partial charge in [0.15, 0.2) is 0 Å². The molecule has 18 nitrogen and oxygen atoms in total. The Bertz CT molecular complexity index is 5180. The van der Waals surface area contributed by atoms with Crippen LogP contribution < -0.4 is 31.9 Å². The van der Waals surface area contributed by atoms with Gasteiger partial charge in [-0.2, -0.15) is 4.31 Å². The van der Waals surface area contributed by atoms with Crippen LogP contribution in [-0.2, 0) is 57.1 Å². The fourth-order valence-corrected chi connectivity index (χ4v) is 17.2. The SMILES string of the molecule is CN(C)c1cccc2c(S(=O)(=O)N(Cc3ccccc3B(O)O)CN3C[C@@H](NC(=O)C(CN(Cc4ccccc4B(O)O)Cc4cccc5ccccc45)OCC4c5ccccc5-c5ccccc54)C[C@H]3C(=O)NCN(Cc3ccccc3B(O)O)Cc3c4ccccc4cc4ccccc34)cccc12. The summed E-state index contributed by atoms with van der Waals surface area (Å²) < 4.78 is 40.5. The topological polar surface area (TPSA) is 239 Å². The van der Waals surface area contributed by atoms with Gasteiger partial charge in [-0.25, -0.2) is 8.42 Å². The molecule has 12 aromatic carbocycles. The van der Waals surface area contributed by atoms with Gasteiger partial charge in [0, 0.05) is 88.3 Å². The van der Waals surface area contributed by atoms with Gasteiger partial charge in [0.25, 0.3) is 5.91 Å². The molecular weight excluding hydrogens is 1340 g/mol. The van der Waals surface area contributed by atoms with Gasteiger partial charge in [-0.15, -0.1) is 0 Å². The minimum Gasteiger partial charge on any atom is -0.423 e. The molecule has 12 aromatic rings. The third-order valence-electron chi connectivity index (χ3n) is 20.6. The number of carbonyl (C=O) groups is 2. The minimum atomic E-state index is -4.60. The lowest BCUT2D eigenvalue weighted by Crippen LogP contribution is -2.51. The van der Waals surface area contributed by atoms with Crippen LogP contribution in [0, 0.1) is 0 Å². The van der Waals surface area contributed by atoms with Crippen molar-refractivity contribution in [3.63, 3.8) is 0 Å². The lowest BCUT2D eigenvalue weighted by Gasteiger charge is -2.32. The number of nitrogens with one attached hydrogen (secondary N) is 2. The molecule has 1 heterocycles. The molecule has 1 fully saturated rings. The van der Waals surface area contributed by atoms with Crippen molar-refractivity contribution in [1.82, 2.24) is 29.6 Å². The molecule has 8 N–H and O–H groups in total. The molecule has 22 heteroatoms. The first-order valence-corrected chi connectivity index (χ1v) is 36.8. The largest absolute Gasteiger partial charge is 0.488 e. The van der Waals surface area contributed by atoms with E-state index in [9.17, 15) is 30.1 Å². The van der Waals surface area contributed by atoms with Gasteiger partial charge in [-0.1, -0.05) is 237 Å². The first kappa shape index (κ1) is 72.1. The Morgan fingerprint density at radius 2 is 0.990 bits per heavy atom. The molecule has 1 unspecified atom stereocenters. The quantitative estimate of drug-likeness (QED) is 0.0133. The summed E-state index contributed by atoms with van der Waals surface area (Å²) in [5.74, 6) is -1.25. The van der Waals surface area contributed by atoms with Crippen molar-refractivity contribution in [3.8, 4) is 11.1 Å². The minimum absolute atomic E-state index is 0.00222. The van der Waals surface area contributed by atoms with Crippen LogP contribution in [0.1, 0.15) is 51.3 Å². The Morgan fingerprint density at radius 1 is 0.514 bits per heavy atom. The predicted molar refractivity (Wildman–Crippen MR) is 417 cm³/mol. The monoisotopic (exact) mass is 1420 g/mol. The highest BCUT2D eigenvalue weighted by Gasteiger charge is 2.43. The number of fused-ring (bicyclic) bond motifs is 7. The summed E-state index contributed by atoms with van der Waals surface area (Å²) in [6.45, 7) is 0.115. The molecule has 105 heavy (non-hydrogen) atoms. The van der Waals surface area contributed by atoms with E-state index < -0.39 is 68.0 Å². The highest BCUT2D eigenvalue weighted by molar-refractivity contribution is 7.89. The molecule has 0 radical (unpaired) electrons. The number of amides is 2. The number of nitrogens with zero attached hydrogens (tertiary/aromatic N) is 5. The first-order chi connectivity index (χ1) is 50.9. The number of carbonyl (C=O) groups excluding carboxylic acids is 2. The smallest absolute Gasteiger partial charge is 0.423 e. The fourth-order valence-electron chi connectivity index (χ4n) is 15.6. The zero-order valence-corrected chi connectivity index (χ0v) is 59.3. The molecule has 1 aliphatic carbocycles. The van der Waals surface area contributed by atoms with Gasteiger partial charge < -0.3 is 50.4 Å². The van der Waals surface area contributed by atoms with Gasteiger partial charge >= 0.3 is 21.4 Å². The summed E-state index contributed by atoms with van der Waals surface area (Å²) >= 11 is 0. The molecule has 0 bridgehead atoms. The molecule has 0 aromatic heterocycles. The maximum Gasteiger partial charge on any atom is 0.488 e. The number of sulfonamides is 1. The summed E-state index contributed by atoms with van der Waals surface area (Å²) in [5, 5.41) is 78.5. The number of ether oxygens (including phenoxy) is 1. The number of hydrogen-bond donors (Lipinski definition) is 8. The molecule has 14 rings (SSSR count). The van der Waals surface area contributed by atoms with E-state index in [-0.39, 0.29) is 75.2 Å². The van der Waals surface area contributed by atoms with E-state index in [0.717, 1.165) is 71.4 Å². The normalized spacial score (nSPS) is 14.9. The number of likely N-dealkylation sites (tertiary alicyclic amines) is 1. The van der Waals surface area contributed by atoms with Crippen LogP contribution in [0.15, 0.2) is 260 Å². The number of anilines is 1. The summed E-state index contributed by atoms with van der Waals surface area (Å²) in [6.07, 6.45) is -1.22. The van der Waals surface area contributed by atoms with Crippen LogP contribution in [0.5, 0.6) is 0 Å². The van der Waals surface area contributed by atoms with Gasteiger partial charge in [-0.05, 0) is 123 Å². The van der Waals surface area contributed by atoms with Crippen molar-refractivity contribution >= 4 is 108 Å². The first-order valence-electron chi connectivity index (χ1n) is 35.4. The van der Waals surface area contributed by atoms with Gasteiger partial charge in [0.2, 0.25) is 15.9 Å².